The molecule has 8 nitrogen and oxygen atoms in total. The molecule has 2 atom stereocenters. The van der Waals surface area contributed by atoms with Gasteiger partial charge in [-0.2, -0.15) is 0 Å². The quantitative estimate of drug-likeness (QED) is 0.508. The van der Waals surface area contributed by atoms with Gasteiger partial charge in [-0.3, -0.25) is 9.59 Å². The monoisotopic (exact) mass is 488 g/mol. The molecule has 188 valence electrons. The van der Waals surface area contributed by atoms with E-state index in [1.54, 1.807) is 26.7 Å². The first-order chi connectivity index (χ1) is 17.6. The third-order valence-electron chi connectivity index (χ3n) is 7.44. The zero-order chi connectivity index (χ0) is 25.1. The first-order valence-electron chi connectivity index (χ1n) is 12.5. The van der Waals surface area contributed by atoms with Crippen LogP contribution in [0.2, 0.25) is 0 Å². The number of nitrogens with zero attached hydrogens (tertiary/aromatic N) is 4. The fourth-order valence-electron chi connectivity index (χ4n) is 5.48. The second-order valence-corrected chi connectivity index (χ2v) is 9.45. The van der Waals surface area contributed by atoms with Gasteiger partial charge in [0.25, 0.3) is 5.91 Å². The number of benzene rings is 2. The molecule has 0 aliphatic carbocycles. The number of imidazole rings is 1. The van der Waals surface area contributed by atoms with Crippen LogP contribution in [0.25, 0.3) is 5.69 Å². The number of carbonyl (C=O) groups excluding carboxylic acids is 2. The molecule has 1 aromatic heterocycles. The molecular formula is C28H32N4O4. The Morgan fingerprint density at radius 3 is 2.58 bits per heavy atom. The van der Waals surface area contributed by atoms with E-state index in [2.05, 4.69) is 4.98 Å². The van der Waals surface area contributed by atoms with Crippen LogP contribution >= 0.6 is 0 Å². The van der Waals surface area contributed by atoms with Crippen molar-refractivity contribution in [3.63, 3.8) is 0 Å². The minimum Gasteiger partial charge on any atom is -0.493 e. The fourth-order valence-corrected chi connectivity index (χ4v) is 5.48. The normalized spacial score (nSPS) is 19.7. The highest BCUT2D eigenvalue weighted by Crippen LogP contribution is 2.33. The molecule has 3 aromatic rings. The SMILES string of the molecule is COc1ccc(CCN2C(=O)CC[C@@H]3CN(C(=O)c4ccc(-n5ccnc5)cc4)CC[C@@H]32)cc1OC. The summed E-state index contributed by atoms with van der Waals surface area (Å²) >= 11 is 0. The second-order valence-electron chi connectivity index (χ2n) is 9.45. The van der Waals surface area contributed by atoms with Gasteiger partial charge in [-0.25, -0.2) is 4.98 Å². The molecule has 0 bridgehead atoms. The molecule has 0 unspecified atom stereocenters. The Morgan fingerprint density at radius 2 is 1.86 bits per heavy atom. The molecule has 36 heavy (non-hydrogen) atoms. The van der Waals surface area contributed by atoms with Gasteiger partial charge in [0.2, 0.25) is 5.91 Å². The molecule has 2 aliphatic rings. The zero-order valence-electron chi connectivity index (χ0n) is 20.8. The van der Waals surface area contributed by atoms with E-state index in [9.17, 15) is 9.59 Å². The van der Waals surface area contributed by atoms with E-state index in [0.29, 0.717) is 49.0 Å². The topological polar surface area (TPSA) is 76.9 Å². The van der Waals surface area contributed by atoms with Crippen LogP contribution < -0.4 is 9.47 Å². The summed E-state index contributed by atoms with van der Waals surface area (Å²) in [6.07, 6.45) is 8.28. The Balaban J connectivity index is 1.22. The Kier molecular flexibility index (Phi) is 6.93. The van der Waals surface area contributed by atoms with Crippen molar-refractivity contribution >= 4 is 11.8 Å². The van der Waals surface area contributed by atoms with E-state index in [-0.39, 0.29) is 17.9 Å². The first-order valence-corrected chi connectivity index (χ1v) is 12.5. The van der Waals surface area contributed by atoms with E-state index in [1.165, 1.54) is 0 Å². The van der Waals surface area contributed by atoms with Crippen molar-refractivity contribution in [2.75, 3.05) is 33.9 Å². The average Bonchev–Trinajstić information content (AvgIpc) is 3.47. The largest absolute Gasteiger partial charge is 0.493 e. The number of carbonyl (C=O) groups is 2. The summed E-state index contributed by atoms with van der Waals surface area (Å²) in [6, 6.07) is 13.7. The fraction of sp³-hybridized carbons (Fsp3) is 0.393. The van der Waals surface area contributed by atoms with Crippen LogP contribution in [0, 0.1) is 5.92 Å². The predicted octanol–water partition coefficient (Wildman–Crippen LogP) is 3.59. The van der Waals surface area contributed by atoms with Crippen molar-refractivity contribution in [2.45, 2.75) is 31.7 Å². The van der Waals surface area contributed by atoms with Crippen molar-refractivity contribution < 1.29 is 19.1 Å². The highest BCUT2D eigenvalue weighted by molar-refractivity contribution is 5.94. The highest BCUT2D eigenvalue weighted by atomic mass is 16.5. The number of fused-ring (bicyclic) bond motifs is 1. The summed E-state index contributed by atoms with van der Waals surface area (Å²) in [6.45, 7) is 2.01. The van der Waals surface area contributed by atoms with Gasteiger partial charge in [0.05, 0.1) is 20.5 Å². The van der Waals surface area contributed by atoms with Crippen molar-refractivity contribution in [3.8, 4) is 17.2 Å². The molecule has 5 rings (SSSR count). The minimum atomic E-state index is 0.0550. The molecule has 2 fully saturated rings. The lowest BCUT2D eigenvalue weighted by Crippen LogP contribution is -2.57. The Morgan fingerprint density at radius 1 is 1.06 bits per heavy atom. The lowest BCUT2D eigenvalue weighted by atomic mass is 9.83. The number of piperidine rings is 2. The van der Waals surface area contributed by atoms with E-state index < -0.39 is 0 Å². The Labute approximate surface area is 211 Å². The molecule has 8 heteroatoms. The van der Waals surface area contributed by atoms with Crippen LogP contribution in [0.1, 0.15) is 35.2 Å². The van der Waals surface area contributed by atoms with Crippen LogP contribution in [0.15, 0.2) is 61.2 Å². The number of hydrogen-bond donors (Lipinski definition) is 0. The summed E-state index contributed by atoms with van der Waals surface area (Å²) < 4.78 is 12.7. The Bertz CT molecular complexity index is 1210. The van der Waals surface area contributed by atoms with Gasteiger partial charge in [0, 0.05) is 55.7 Å². The van der Waals surface area contributed by atoms with Crippen molar-refractivity contribution in [3.05, 3.63) is 72.3 Å². The Hall–Kier alpha value is -3.81. The van der Waals surface area contributed by atoms with Gasteiger partial charge in [0.1, 0.15) is 0 Å². The summed E-state index contributed by atoms with van der Waals surface area (Å²) in [5, 5.41) is 0. The van der Waals surface area contributed by atoms with Crippen LogP contribution in [0.5, 0.6) is 11.5 Å². The van der Waals surface area contributed by atoms with E-state index in [1.807, 2.05) is 63.0 Å². The molecule has 2 aromatic carbocycles. The second kappa shape index (κ2) is 10.4. The van der Waals surface area contributed by atoms with Gasteiger partial charge in [0.15, 0.2) is 11.5 Å². The van der Waals surface area contributed by atoms with Crippen molar-refractivity contribution in [2.24, 2.45) is 5.92 Å². The molecule has 0 N–H and O–H groups in total. The first kappa shape index (κ1) is 23.9. The lowest BCUT2D eigenvalue weighted by Gasteiger charge is -2.47. The van der Waals surface area contributed by atoms with Crippen LogP contribution in [-0.4, -0.2) is 71.1 Å². The number of ether oxygens (including phenoxy) is 2. The van der Waals surface area contributed by atoms with Gasteiger partial charge in [-0.15, -0.1) is 0 Å². The average molecular weight is 489 g/mol. The number of aromatic nitrogens is 2. The van der Waals surface area contributed by atoms with Gasteiger partial charge in [-0.05, 0) is 67.1 Å². The molecular weight excluding hydrogens is 456 g/mol. The molecule has 2 saturated heterocycles. The number of amides is 2. The summed E-state index contributed by atoms with van der Waals surface area (Å²) in [4.78, 5) is 34.2. The maximum absolute atomic E-state index is 13.2. The van der Waals surface area contributed by atoms with Crippen LogP contribution in [0.3, 0.4) is 0 Å². The van der Waals surface area contributed by atoms with Crippen LogP contribution in [0.4, 0.5) is 0 Å². The maximum atomic E-state index is 13.2. The highest BCUT2D eigenvalue weighted by Gasteiger charge is 2.40. The zero-order valence-corrected chi connectivity index (χ0v) is 20.8. The molecule has 2 amide bonds. The minimum absolute atomic E-state index is 0.0550. The van der Waals surface area contributed by atoms with Crippen LogP contribution in [-0.2, 0) is 11.2 Å². The third-order valence-corrected chi connectivity index (χ3v) is 7.44. The van der Waals surface area contributed by atoms with Gasteiger partial charge >= 0.3 is 0 Å². The predicted molar refractivity (Wildman–Crippen MR) is 136 cm³/mol. The third kappa shape index (κ3) is 4.80. The van der Waals surface area contributed by atoms with E-state index in [0.717, 1.165) is 30.5 Å². The summed E-state index contributed by atoms with van der Waals surface area (Å²) in [5.41, 5.74) is 2.77. The number of hydrogen-bond acceptors (Lipinski definition) is 5. The number of methoxy groups -OCH3 is 2. The summed E-state index contributed by atoms with van der Waals surface area (Å²) in [7, 11) is 3.25. The van der Waals surface area contributed by atoms with E-state index in [4.69, 9.17) is 9.47 Å². The van der Waals surface area contributed by atoms with Crippen molar-refractivity contribution in [1.82, 2.24) is 19.4 Å². The van der Waals surface area contributed by atoms with Gasteiger partial charge in [-0.1, -0.05) is 6.07 Å². The van der Waals surface area contributed by atoms with Gasteiger partial charge < -0.3 is 23.8 Å². The molecule has 2 aliphatic heterocycles. The molecule has 0 saturated carbocycles. The standard InChI is InChI=1S/C28H32N4O4/c1-35-25-9-3-20(17-26(25)36-2)11-15-32-24-12-14-30(18-22(24)6-10-27(32)33)28(34)21-4-7-23(8-5-21)31-16-13-29-19-31/h3-5,7-9,13,16-17,19,22,24H,6,10-12,14-15,18H2,1-2H3/t22-,24+/m1/s1. The molecule has 0 radical (unpaired) electrons. The smallest absolute Gasteiger partial charge is 0.253 e. The molecule has 3 heterocycles. The molecule has 0 spiro atoms. The number of likely N-dealkylation sites (tertiary alicyclic amines) is 2. The maximum Gasteiger partial charge on any atom is 0.253 e. The lowest BCUT2D eigenvalue weighted by molar-refractivity contribution is -0.140. The number of rotatable bonds is 7. The van der Waals surface area contributed by atoms with E-state index >= 15 is 0 Å². The summed E-state index contributed by atoms with van der Waals surface area (Å²) in [5.74, 6) is 1.97. The van der Waals surface area contributed by atoms with Crippen molar-refractivity contribution in [1.29, 1.82) is 0 Å².